The van der Waals surface area contributed by atoms with Crippen molar-refractivity contribution in [2.75, 3.05) is 41.3 Å². The molecule has 2 heterocycles. The average molecular weight is 374 g/mol. The van der Waals surface area contributed by atoms with Crippen LogP contribution < -0.4 is 15.1 Å². The van der Waals surface area contributed by atoms with E-state index in [1.165, 1.54) is 22.4 Å². The van der Waals surface area contributed by atoms with Crippen LogP contribution in [-0.4, -0.2) is 36.1 Å². The maximum Gasteiger partial charge on any atom is 0.135 e. The number of aromatic nitrogens is 2. The molecule has 0 amide bonds. The van der Waals surface area contributed by atoms with Gasteiger partial charge in [-0.3, -0.25) is 0 Å². The predicted molar refractivity (Wildman–Crippen MR) is 117 cm³/mol. The Morgan fingerprint density at radius 3 is 2.18 bits per heavy atom. The fraction of sp³-hybridized carbons (Fsp3) is 0.304. The van der Waals surface area contributed by atoms with Crippen molar-refractivity contribution in [2.45, 2.75) is 20.8 Å². The maximum absolute atomic E-state index is 4.50. The van der Waals surface area contributed by atoms with Crippen LogP contribution in [0.1, 0.15) is 16.7 Å². The molecule has 0 atom stereocenters. The first-order chi connectivity index (χ1) is 13.6. The second-order valence-corrected chi connectivity index (χ2v) is 7.52. The van der Waals surface area contributed by atoms with Gasteiger partial charge in [0.25, 0.3) is 0 Å². The molecule has 5 nitrogen and oxygen atoms in total. The molecule has 0 spiro atoms. The smallest absolute Gasteiger partial charge is 0.135 e. The van der Waals surface area contributed by atoms with Gasteiger partial charge in [0.1, 0.15) is 18.0 Å². The molecule has 28 heavy (non-hydrogen) atoms. The Kier molecular flexibility index (Phi) is 5.15. The van der Waals surface area contributed by atoms with Crippen molar-refractivity contribution >= 4 is 23.0 Å². The lowest BCUT2D eigenvalue weighted by Crippen LogP contribution is -2.47. The van der Waals surface area contributed by atoms with Gasteiger partial charge in [-0.2, -0.15) is 0 Å². The molecular formula is C23H27N5. The highest BCUT2D eigenvalue weighted by Crippen LogP contribution is 2.25. The normalized spacial score (nSPS) is 14.2. The first kappa shape index (κ1) is 18.3. The molecule has 1 saturated heterocycles. The summed E-state index contributed by atoms with van der Waals surface area (Å²) >= 11 is 0. The van der Waals surface area contributed by atoms with Gasteiger partial charge in [-0.05, 0) is 50.1 Å². The molecule has 0 saturated carbocycles. The van der Waals surface area contributed by atoms with Crippen molar-refractivity contribution in [3.8, 4) is 0 Å². The molecule has 1 fully saturated rings. The van der Waals surface area contributed by atoms with Crippen LogP contribution in [0.4, 0.5) is 23.0 Å². The highest BCUT2D eigenvalue weighted by atomic mass is 15.3. The molecule has 0 aliphatic carbocycles. The number of anilines is 4. The first-order valence-corrected chi connectivity index (χ1v) is 9.81. The highest BCUT2D eigenvalue weighted by molar-refractivity contribution is 5.60. The number of nitrogens with one attached hydrogen (secondary N) is 1. The Morgan fingerprint density at radius 1 is 0.750 bits per heavy atom. The van der Waals surface area contributed by atoms with Gasteiger partial charge in [0, 0.05) is 43.6 Å². The van der Waals surface area contributed by atoms with Gasteiger partial charge < -0.3 is 15.1 Å². The molecule has 144 valence electrons. The summed E-state index contributed by atoms with van der Waals surface area (Å²) in [6.07, 6.45) is 1.64. The van der Waals surface area contributed by atoms with Crippen LogP contribution in [0, 0.1) is 20.8 Å². The number of nitrogens with zero attached hydrogens (tertiary/aromatic N) is 4. The Morgan fingerprint density at radius 2 is 1.43 bits per heavy atom. The fourth-order valence-electron chi connectivity index (χ4n) is 3.61. The van der Waals surface area contributed by atoms with E-state index in [9.17, 15) is 0 Å². The second kappa shape index (κ2) is 7.89. The highest BCUT2D eigenvalue weighted by Gasteiger charge is 2.20. The van der Waals surface area contributed by atoms with E-state index < -0.39 is 0 Å². The van der Waals surface area contributed by atoms with Crippen molar-refractivity contribution in [2.24, 2.45) is 0 Å². The third kappa shape index (κ3) is 4.09. The molecule has 4 rings (SSSR count). The number of piperazine rings is 1. The Hall–Kier alpha value is -3.08. The SMILES string of the molecule is Cc1ccc(Nc2cc(N3CCN(c4cc(C)ccc4C)CC3)ncn2)cc1. The number of aryl methyl sites for hydroxylation is 3. The molecule has 0 bridgehead atoms. The molecule has 0 radical (unpaired) electrons. The quantitative estimate of drug-likeness (QED) is 0.731. The van der Waals surface area contributed by atoms with Gasteiger partial charge in [0.05, 0.1) is 0 Å². The van der Waals surface area contributed by atoms with E-state index in [0.29, 0.717) is 0 Å². The van der Waals surface area contributed by atoms with Crippen LogP contribution in [0.5, 0.6) is 0 Å². The van der Waals surface area contributed by atoms with Gasteiger partial charge in [0.2, 0.25) is 0 Å². The monoisotopic (exact) mass is 373 g/mol. The Bertz CT molecular complexity index is 943. The number of rotatable bonds is 4. The summed E-state index contributed by atoms with van der Waals surface area (Å²) in [6.45, 7) is 10.3. The fourth-order valence-corrected chi connectivity index (χ4v) is 3.61. The third-order valence-corrected chi connectivity index (χ3v) is 5.29. The van der Waals surface area contributed by atoms with E-state index >= 15 is 0 Å². The lowest BCUT2D eigenvalue weighted by molar-refractivity contribution is 0.645. The molecule has 3 aromatic rings. The zero-order chi connectivity index (χ0) is 19.5. The van der Waals surface area contributed by atoms with Gasteiger partial charge in [0.15, 0.2) is 0 Å². The molecule has 1 aliphatic heterocycles. The summed E-state index contributed by atoms with van der Waals surface area (Å²) < 4.78 is 0. The second-order valence-electron chi connectivity index (χ2n) is 7.52. The van der Waals surface area contributed by atoms with Crippen molar-refractivity contribution < 1.29 is 0 Å². The minimum absolute atomic E-state index is 0.825. The number of hydrogen-bond acceptors (Lipinski definition) is 5. The largest absolute Gasteiger partial charge is 0.368 e. The molecule has 1 aromatic heterocycles. The molecule has 2 aromatic carbocycles. The molecule has 1 aliphatic rings. The predicted octanol–water partition coefficient (Wildman–Crippen LogP) is 4.47. The van der Waals surface area contributed by atoms with E-state index in [2.05, 4.69) is 88.3 Å². The minimum atomic E-state index is 0.825. The number of benzene rings is 2. The average Bonchev–Trinajstić information content (AvgIpc) is 2.72. The number of hydrogen-bond donors (Lipinski definition) is 1. The van der Waals surface area contributed by atoms with E-state index in [1.807, 2.05) is 6.07 Å². The minimum Gasteiger partial charge on any atom is -0.368 e. The summed E-state index contributed by atoms with van der Waals surface area (Å²) in [5.74, 6) is 1.80. The zero-order valence-electron chi connectivity index (χ0n) is 16.8. The van der Waals surface area contributed by atoms with E-state index in [-0.39, 0.29) is 0 Å². The lowest BCUT2D eigenvalue weighted by Gasteiger charge is -2.37. The summed E-state index contributed by atoms with van der Waals surface area (Å²) in [4.78, 5) is 13.7. The van der Waals surface area contributed by atoms with Gasteiger partial charge >= 0.3 is 0 Å². The van der Waals surface area contributed by atoms with Crippen molar-refractivity contribution in [3.05, 3.63) is 71.5 Å². The Labute approximate surface area is 167 Å². The summed E-state index contributed by atoms with van der Waals surface area (Å²) in [7, 11) is 0. The van der Waals surface area contributed by atoms with E-state index in [4.69, 9.17) is 0 Å². The summed E-state index contributed by atoms with van der Waals surface area (Å²) in [6, 6.07) is 17.0. The third-order valence-electron chi connectivity index (χ3n) is 5.29. The van der Waals surface area contributed by atoms with E-state index in [0.717, 1.165) is 43.5 Å². The van der Waals surface area contributed by atoms with Crippen LogP contribution in [-0.2, 0) is 0 Å². The van der Waals surface area contributed by atoms with Crippen molar-refractivity contribution in [3.63, 3.8) is 0 Å². The topological polar surface area (TPSA) is 44.3 Å². The first-order valence-electron chi connectivity index (χ1n) is 9.81. The van der Waals surface area contributed by atoms with Crippen LogP contribution in [0.2, 0.25) is 0 Å². The molecule has 0 unspecified atom stereocenters. The van der Waals surface area contributed by atoms with Crippen molar-refractivity contribution in [1.82, 2.24) is 9.97 Å². The zero-order valence-corrected chi connectivity index (χ0v) is 16.8. The molecular weight excluding hydrogens is 346 g/mol. The van der Waals surface area contributed by atoms with Crippen LogP contribution in [0.15, 0.2) is 54.9 Å². The molecule has 5 heteroatoms. The van der Waals surface area contributed by atoms with Gasteiger partial charge in [-0.1, -0.05) is 29.8 Å². The van der Waals surface area contributed by atoms with Crippen LogP contribution in [0.3, 0.4) is 0 Å². The molecule has 1 N–H and O–H groups in total. The van der Waals surface area contributed by atoms with Crippen LogP contribution >= 0.6 is 0 Å². The maximum atomic E-state index is 4.50. The Balaban J connectivity index is 1.43. The van der Waals surface area contributed by atoms with Crippen LogP contribution in [0.25, 0.3) is 0 Å². The summed E-state index contributed by atoms with van der Waals surface area (Å²) in [5.41, 5.74) is 6.28. The van der Waals surface area contributed by atoms with Gasteiger partial charge in [-0.15, -0.1) is 0 Å². The lowest BCUT2D eigenvalue weighted by atomic mass is 10.1. The summed E-state index contributed by atoms with van der Waals surface area (Å²) in [5, 5.41) is 3.37. The van der Waals surface area contributed by atoms with Crippen molar-refractivity contribution in [1.29, 1.82) is 0 Å². The van der Waals surface area contributed by atoms with E-state index in [1.54, 1.807) is 6.33 Å². The van der Waals surface area contributed by atoms with Gasteiger partial charge in [-0.25, -0.2) is 9.97 Å². The standard InChI is InChI=1S/C23H27N5/c1-17-5-8-20(9-6-17)26-22-15-23(25-16-24-22)28-12-10-27(11-13-28)21-14-18(2)4-7-19(21)3/h4-9,14-16H,10-13H2,1-3H3,(H,24,25,26).